The second kappa shape index (κ2) is 6.31. The molecule has 0 atom stereocenters. The maximum Gasteiger partial charge on any atom is 0.329 e. The summed E-state index contributed by atoms with van der Waals surface area (Å²) in [6, 6.07) is 1.96. The van der Waals surface area contributed by atoms with Crippen molar-refractivity contribution in [3.05, 3.63) is 39.3 Å². The van der Waals surface area contributed by atoms with Gasteiger partial charge in [-0.1, -0.05) is 0 Å². The molecule has 1 aliphatic heterocycles. The van der Waals surface area contributed by atoms with Gasteiger partial charge in [-0.05, 0) is 37.7 Å². The molecular formula is C19H23N5O3. The highest BCUT2D eigenvalue weighted by molar-refractivity contribution is 6.01. The molecule has 3 aromatic heterocycles. The molecule has 2 aliphatic rings. The number of fused-ring (bicyclic) bond motifs is 3. The molecular weight excluding hydrogens is 346 g/mol. The van der Waals surface area contributed by atoms with Gasteiger partial charge in [-0.2, -0.15) is 0 Å². The molecule has 8 heteroatoms. The van der Waals surface area contributed by atoms with Crippen molar-refractivity contribution in [3.63, 3.8) is 0 Å². The van der Waals surface area contributed by atoms with Crippen LogP contribution >= 0.6 is 0 Å². The fourth-order valence-corrected chi connectivity index (χ4v) is 4.74. The molecule has 3 N–H and O–H groups in total. The van der Waals surface area contributed by atoms with Gasteiger partial charge in [0.15, 0.2) is 0 Å². The predicted molar refractivity (Wildman–Crippen MR) is 102 cm³/mol. The van der Waals surface area contributed by atoms with Gasteiger partial charge < -0.3 is 10.1 Å². The highest BCUT2D eigenvalue weighted by atomic mass is 16.3. The first-order valence-electron chi connectivity index (χ1n) is 9.61. The lowest BCUT2D eigenvalue weighted by atomic mass is 9.85. The minimum absolute atomic E-state index is 0.0792. The van der Waals surface area contributed by atoms with E-state index in [1.54, 1.807) is 17.0 Å². The van der Waals surface area contributed by atoms with E-state index in [2.05, 4.69) is 19.9 Å². The standard InChI is InChI=1S/C19H23N5O3/c25-13-9-23(10-13)8-11-1-3-12(4-2-11)24-16-14-5-6-20-17(14)21-7-15(16)18(26)22-19(24)27/h5-7,11-13,25H,1-4,8-10H2,(H,20,21)(H,22,26,27). The van der Waals surface area contributed by atoms with Crippen LogP contribution < -0.4 is 11.2 Å². The van der Waals surface area contributed by atoms with Gasteiger partial charge in [-0.25, -0.2) is 9.78 Å². The van der Waals surface area contributed by atoms with Crippen molar-refractivity contribution in [1.82, 2.24) is 24.4 Å². The molecule has 0 aromatic carbocycles. The molecule has 8 nitrogen and oxygen atoms in total. The summed E-state index contributed by atoms with van der Waals surface area (Å²) in [5.41, 5.74) is 0.651. The van der Waals surface area contributed by atoms with Crippen LogP contribution in [0.1, 0.15) is 31.7 Å². The van der Waals surface area contributed by atoms with Gasteiger partial charge >= 0.3 is 5.69 Å². The van der Waals surface area contributed by atoms with Crippen LogP contribution in [0.4, 0.5) is 0 Å². The van der Waals surface area contributed by atoms with Crippen LogP contribution in [0.3, 0.4) is 0 Å². The van der Waals surface area contributed by atoms with Crippen LogP contribution in [0.2, 0.25) is 0 Å². The van der Waals surface area contributed by atoms with Gasteiger partial charge in [0.05, 0.1) is 17.0 Å². The van der Waals surface area contributed by atoms with Crippen LogP contribution in [0.5, 0.6) is 0 Å². The predicted octanol–water partition coefficient (Wildman–Crippen LogP) is 0.974. The summed E-state index contributed by atoms with van der Waals surface area (Å²) in [5.74, 6) is 0.604. The number of rotatable bonds is 3. The Balaban J connectivity index is 1.47. The molecule has 0 unspecified atom stereocenters. The van der Waals surface area contributed by atoms with Crippen LogP contribution in [-0.4, -0.2) is 55.3 Å². The highest BCUT2D eigenvalue weighted by Gasteiger charge is 2.30. The molecule has 1 saturated heterocycles. The number of β-amino-alcohol motifs (C(OH)–C–C–N with tert-alkyl or cyclic N) is 1. The maximum atomic E-state index is 12.7. The van der Waals surface area contributed by atoms with E-state index in [9.17, 15) is 14.7 Å². The lowest BCUT2D eigenvalue weighted by Crippen LogP contribution is -2.52. The summed E-state index contributed by atoms with van der Waals surface area (Å²) < 4.78 is 1.78. The molecule has 3 aromatic rings. The minimum atomic E-state index is -0.383. The molecule has 142 valence electrons. The zero-order valence-electron chi connectivity index (χ0n) is 15.0. The first-order chi connectivity index (χ1) is 13.1. The van der Waals surface area contributed by atoms with Crippen molar-refractivity contribution in [3.8, 4) is 0 Å². The van der Waals surface area contributed by atoms with Crippen LogP contribution in [0.15, 0.2) is 28.0 Å². The molecule has 0 bridgehead atoms. The number of aromatic nitrogens is 4. The van der Waals surface area contributed by atoms with Crippen molar-refractivity contribution in [1.29, 1.82) is 0 Å². The monoisotopic (exact) mass is 369 g/mol. The molecule has 1 aliphatic carbocycles. The Hall–Kier alpha value is -2.45. The Labute approximate surface area is 154 Å². The average molecular weight is 369 g/mol. The van der Waals surface area contributed by atoms with Crippen molar-refractivity contribution in [2.45, 2.75) is 37.8 Å². The molecule has 1 saturated carbocycles. The Kier molecular flexibility index (Phi) is 3.91. The first-order valence-corrected chi connectivity index (χ1v) is 9.61. The van der Waals surface area contributed by atoms with E-state index in [4.69, 9.17) is 0 Å². The molecule has 27 heavy (non-hydrogen) atoms. The quantitative estimate of drug-likeness (QED) is 0.638. The lowest BCUT2D eigenvalue weighted by molar-refractivity contribution is -0.0106. The number of aliphatic hydroxyl groups excluding tert-OH is 1. The fraction of sp³-hybridized carbons (Fsp3) is 0.526. The van der Waals surface area contributed by atoms with Crippen molar-refractivity contribution >= 4 is 21.9 Å². The van der Waals surface area contributed by atoms with E-state index >= 15 is 0 Å². The second-order valence-corrected chi connectivity index (χ2v) is 7.94. The molecule has 0 spiro atoms. The third-order valence-electron chi connectivity index (χ3n) is 6.12. The SMILES string of the molecule is O=c1[nH]c(=O)n(C2CCC(CN3CC(O)C3)CC2)c2c1cnc1[nH]ccc12. The third-order valence-corrected chi connectivity index (χ3v) is 6.12. The van der Waals surface area contributed by atoms with E-state index in [0.29, 0.717) is 22.5 Å². The number of hydrogen-bond acceptors (Lipinski definition) is 5. The van der Waals surface area contributed by atoms with Gasteiger partial charge in [0, 0.05) is 43.5 Å². The van der Waals surface area contributed by atoms with Crippen LogP contribution in [-0.2, 0) is 0 Å². The molecule has 5 rings (SSSR count). The molecule has 0 radical (unpaired) electrons. The van der Waals surface area contributed by atoms with Crippen molar-refractivity contribution in [2.75, 3.05) is 19.6 Å². The normalized spacial score (nSPS) is 24.5. The largest absolute Gasteiger partial charge is 0.390 e. The highest BCUT2D eigenvalue weighted by Crippen LogP contribution is 2.34. The number of aliphatic hydroxyl groups is 1. The summed E-state index contributed by atoms with van der Waals surface area (Å²) in [5, 5.41) is 10.7. The van der Waals surface area contributed by atoms with Crippen molar-refractivity contribution < 1.29 is 5.11 Å². The summed E-state index contributed by atoms with van der Waals surface area (Å²) in [6.45, 7) is 2.59. The summed E-state index contributed by atoms with van der Waals surface area (Å²) >= 11 is 0. The van der Waals surface area contributed by atoms with E-state index in [1.165, 1.54) is 0 Å². The van der Waals surface area contributed by atoms with Gasteiger partial charge in [-0.3, -0.25) is 19.2 Å². The number of nitrogens with zero attached hydrogens (tertiary/aromatic N) is 3. The molecule has 0 amide bonds. The van der Waals surface area contributed by atoms with E-state index in [-0.39, 0.29) is 23.4 Å². The van der Waals surface area contributed by atoms with E-state index in [0.717, 1.165) is 50.7 Å². The summed E-state index contributed by atoms with van der Waals surface area (Å²) in [6.07, 6.45) is 7.09. The Morgan fingerprint density at radius 1 is 1.15 bits per heavy atom. The number of H-pyrrole nitrogens is 2. The van der Waals surface area contributed by atoms with Gasteiger partial charge in [0.25, 0.3) is 5.56 Å². The first kappa shape index (κ1) is 16.7. The average Bonchev–Trinajstić information content (AvgIpc) is 3.10. The van der Waals surface area contributed by atoms with Gasteiger partial charge in [0.1, 0.15) is 5.65 Å². The summed E-state index contributed by atoms with van der Waals surface area (Å²) in [7, 11) is 0. The number of hydrogen-bond donors (Lipinski definition) is 3. The zero-order valence-corrected chi connectivity index (χ0v) is 15.0. The Morgan fingerprint density at radius 2 is 1.93 bits per heavy atom. The Bertz CT molecular complexity index is 1100. The number of nitrogens with one attached hydrogen (secondary N) is 2. The van der Waals surface area contributed by atoms with E-state index in [1.807, 2.05) is 6.07 Å². The smallest absolute Gasteiger partial charge is 0.329 e. The molecule has 4 heterocycles. The maximum absolute atomic E-state index is 12.7. The summed E-state index contributed by atoms with van der Waals surface area (Å²) in [4.78, 5) is 37.1. The van der Waals surface area contributed by atoms with Crippen molar-refractivity contribution in [2.24, 2.45) is 5.92 Å². The Morgan fingerprint density at radius 3 is 2.67 bits per heavy atom. The number of aromatic amines is 2. The zero-order chi connectivity index (χ0) is 18.5. The number of pyridine rings is 1. The van der Waals surface area contributed by atoms with Gasteiger partial charge in [-0.15, -0.1) is 0 Å². The van der Waals surface area contributed by atoms with Gasteiger partial charge in [0.2, 0.25) is 0 Å². The van der Waals surface area contributed by atoms with Crippen LogP contribution in [0.25, 0.3) is 21.9 Å². The topological polar surface area (TPSA) is 107 Å². The van der Waals surface area contributed by atoms with E-state index < -0.39 is 0 Å². The lowest BCUT2D eigenvalue weighted by Gasteiger charge is -2.40. The third kappa shape index (κ3) is 2.80. The van der Waals surface area contributed by atoms with Crippen LogP contribution in [0, 0.1) is 5.92 Å². The fourth-order valence-electron chi connectivity index (χ4n) is 4.74. The number of likely N-dealkylation sites (tertiary alicyclic amines) is 1. The second-order valence-electron chi connectivity index (χ2n) is 7.94. The minimum Gasteiger partial charge on any atom is -0.390 e. The molecule has 2 fully saturated rings.